The van der Waals surface area contributed by atoms with Crippen LogP contribution in [-0.2, 0) is 17.8 Å². The van der Waals surface area contributed by atoms with E-state index in [4.69, 9.17) is 4.42 Å². The standard InChI is InChI=1S/C18H16N2O5S/c21-17(10-12-3-5-13(6-4-12)20(23)24)19-11-14-7-8-16(26-14)18(22)15-2-1-9-25-15/h1-9,18,22H,10-11H2,(H,19,21). The van der Waals surface area contributed by atoms with Gasteiger partial charge in [0.05, 0.1) is 24.2 Å². The van der Waals surface area contributed by atoms with Crippen LogP contribution in [0.2, 0.25) is 0 Å². The number of non-ortho nitro benzene ring substituents is 1. The third-order valence-electron chi connectivity index (χ3n) is 3.74. The van der Waals surface area contributed by atoms with E-state index in [1.807, 2.05) is 6.07 Å². The van der Waals surface area contributed by atoms with Crippen LogP contribution in [0, 0.1) is 10.1 Å². The number of nitrogens with one attached hydrogen (secondary N) is 1. The number of amides is 1. The van der Waals surface area contributed by atoms with Crippen molar-refractivity contribution in [1.82, 2.24) is 5.32 Å². The molecule has 0 radical (unpaired) electrons. The van der Waals surface area contributed by atoms with Crippen molar-refractivity contribution >= 4 is 22.9 Å². The predicted octanol–water partition coefficient (Wildman–Crippen LogP) is 3.19. The first-order valence-electron chi connectivity index (χ1n) is 7.83. The van der Waals surface area contributed by atoms with Gasteiger partial charge in [-0.05, 0) is 29.8 Å². The molecule has 0 aliphatic heterocycles. The summed E-state index contributed by atoms with van der Waals surface area (Å²) in [6.45, 7) is 0.349. The number of aliphatic hydroxyl groups is 1. The van der Waals surface area contributed by atoms with Crippen LogP contribution < -0.4 is 5.32 Å². The molecular weight excluding hydrogens is 356 g/mol. The van der Waals surface area contributed by atoms with Crippen molar-refractivity contribution in [3.8, 4) is 0 Å². The number of thiophene rings is 1. The lowest BCUT2D eigenvalue weighted by molar-refractivity contribution is -0.384. The van der Waals surface area contributed by atoms with E-state index in [-0.39, 0.29) is 18.0 Å². The highest BCUT2D eigenvalue weighted by Gasteiger charge is 2.15. The molecule has 0 saturated carbocycles. The van der Waals surface area contributed by atoms with Gasteiger partial charge in [-0.1, -0.05) is 12.1 Å². The Balaban J connectivity index is 1.52. The molecule has 0 aliphatic rings. The Hall–Kier alpha value is -2.97. The van der Waals surface area contributed by atoms with E-state index >= 15 is 0 Å². The predicted molar refractivity (Wildman–Crippen MR) is 95.7 cm³/mol. The van der Waals surface area contributed by atoms with Gasteiger partial charge in [0.1, 0.15) is 11.9 Å². The summed E-state index contributed by atoms with van der Waals surface area (Å²) in [6.07, 6.45) is 0.830. The summed E-state index contributed by atoms with van der Waals surface area (Å²) in [4.78, 5) is 23.8. The maximum atomic E-state index is 12.0. The maximum absolute atomic E-state index is 12.0. The molecule has 1 amide bonds. The van der Waals surface area contributed by atoms with Gasteiger partial charge in [0, 0.05) is 21.9 Å². The number of benzene rings is 1. The molecule has 0 saturated heterocycles. The Bertz CT molecular complexity index is 887. The van der Waals surface area contributed by atoms with Gasteiger partial charge in [-0.25, -0.2) is 0 Å². The molecule has 0 spiro atoms. The van der Waals surface area contributed by atoms with Crippen LogP contribution in [-0.4, -0.2) is 15.9 Å². The van der Waals surface area contributed by atoms with Gasteiger partial charge in [-0.15, -0.1) is 11.3 Å². The van der Waals surface area contributed by atoms with E-state index in [1.54, 1.807) is 30.3 Å². The van der Waals surface area contributed by atoms with Crippen LogP contribution in [0.5, 0.6) is 0 Å². The molecule has 0 fully saturated rings. The molecule has 2 aromatic heterocycles. The number of hydrogen-bond acceptors (Lipinski definition) is 6. The number of nitro groups is 1. The average molecular weight is 372 g/mol. The average Bonchev–Trinajstić information content (AvgIpc) is 3.32. The fourth-order valence-corrected chi connectivity index (χ4v) is 3.34. The number of nitrogens with zero attached hydrogens (tertiary/aromatic N) is 1. The van der Waals surface area contributed by atoms with Crippen LogP contribution in [0.25, 0.3) is 0 Å². The summed E-state index contributed by atoms with van der Waals surface area (Å²) in [6, 6.07) is 13.0. The van der Waals surface area contributed by atoms with Gasteiger partial charge in [-0.2, -0.15) is 0 Å². The summed E-state index contributed by atoms with van der Waals surface area (Å²) >= 11 is 1.39. The quantitative estimate of drug-likeness (QED) is 0.489. The number of carbonyl (C=O) groups is 1. The molecule has 1 atom stereocenters. The zero-order chi connectivity index (χ0) is 18.5. The number of nitro benzene ring substituents is 1. The van der Waals surface area contributed by atoms with Gasteiger partial charge in [-0.3, -0.25) is 14.9 Å². The van der Waals surface area contributed by atoms with Crippen LogP contribution in [0.4, 0.5) is 5.69 Å². The van der Waals surface area contributed by atoms with Crippen molar-refractivity contribution in [2.45, 2.75) is 19.1 Å². The van der Waals surface area contributed by atoms with Gasteiger partial charge in [0.15, 0.2) is 0 Å². The number of aliphatic hydroxyl groups excluding tert-OH is 1. The van der Waals surface area contributed by atoms with Crippen LogP contribution in [0.3, 0.4) is 0 Å². The second-order valence-electron chi connectivity index (χ2n) is 5.60. The van der Waals surface area contributed by atoms with E-state index in [0.717, 1.165) is 9.75 Å². The first-order chi connectivity index (χ1) is 12.5. The molecular formula is C18H16N2O5S. The van der Waals surface area contributed by atoms with E-state index in [9.17, 15) is 20.0 Å². The number of furan rings is 1. The SMILES string of the molecule is O=C(Cc1ccc([N+](=O)[O-])cc1)NCc1ccc(C(O)c2ccco2)s1. The van der Waals surface area contributed by atoms with Crippen molar-refractivity contribution in [2.75, 3.05) is 0 Å². The Labute approximate surface area is 153 Å². The molecule has 8 heteroatoms. The largest absolute Gasteiger partial charge is 0.466 e. The van der Waals surface area contributed by atoms with Crippen molar-refractivity contribution in [3.05, 3.63) is 86.0 Å². The van der Waals surface area contributed by atoms with Crippen molar-refractivity contribution in [2.24, 2.45) is 0 Å². The first-order valence-corrected chi connectivity index (χ1v) is 8.64. The summed E-state index contributed by atoms with van der Waals surface area (Å²) < 4.78 is 5.19. The smallest absolute Gasteiger partial charge is 0.269 e. The minimum Gasteiger partial charge on any atom is -0.466 e. The highest BCUT2D eigenvalue weighted by atomic mass is 32.1. The Morgan fingerprint density at radius 2 is 2.00 bits per heavy atom. The van der Waals surface area contributed by atoms with Crippen molar-refractivity contribution < 1.29 is 19.2 Å². The van der Waals surface area contributed by atoms with Gasteiger partial charge in [0.2, 0.25) is 5.91 Å². The molecule has 0 aliphatic carbocycles. The zero-order valence-corrected chi connectivity index (χ0v) is 14.4. The zero-order valence-electron chi connectivity index (χ0n) is 13.6. The van der Waals surface area contributed by atoms with Crippen molar-refractivity contribution in [3.63, 3.8) is 0 Å². The van der Waals surface area contributed by atoms with Gasteiger partial charge >= 0.3 is 0 Å². The molecule has 0 bridgehead atoms. The van der Waals surface area contributed by atoms with E-state index in [0.29, 0.717) is 17.9 Å². The molecule has 134 valence electrons. The normalized spacial score (nSPS) is 11.9. The third kappa shape index (κ3) is 4.35. The lowest BCUT2D eigenvalue weighted by Gasteiger charge is -2.05. The van der Waals surface area contributed by atoms with Crippen molar-refractivity contribution in [1.29, 1.82) is 0 Å². The molecule has 26 heavy (non-hydrogen) atoms. The lowest BCUT2D eigenvalue weighted by atomic mass is 10.1. The Morgan fingerprint density at radius 1 is 1.23 bits per heavy atom. The molecule has 2 N–H and O–H groups in total. The second-order valence-corrected chi connectivity index (χ2v) is 6.80. The topological polar surface area (TPSA) is 106 Å². The maximum Gasteiger partial charge on any atom is 0.269 e. The van der Waals surface area contributed by atoms with E-state index in [1.165, 1.54) is 29.7 Å². The fraction of sp³-hybridized carbons (Fsp3) is 0.167. The minimum atomic E-state index is -0.820. The Morgan fingerprint density at radius 3 is 2.65 bits per heavy atom. The molecule has 2 heterocycles. The lowest BCUT2D eigenvalue weighted by Crippen LogP contribution is -2.24. The molecule has 1 unspecified atom stereocenters. The third-order valence-corrected chi connectivity index (χ3v) is 4.87. The monoisotopic (exact) mass is 372 g/mol. The molecule has 1 aromatic carbocycles. The fourth-order valence-electron chi connectivity index (χ4n) is 2.39. The summed E-state index contributed by atoms with van der Waals surface area (Å²) in [5, 5.41) is 23.6. The summed E-state index contributed by atoms with van der Waals surface area (Å²) in [5.41, 5.74) is 0.698. The number of rotatable bonds is 7. The summed E-state index contributed by atoms with van der Waals surface area (Å²) in [5.74, 6) is 0.293. The van der Waals surface area contributed by atoms with Crippen LogP contribution >= 0.6 is 11.3 Å². The molecule has 3 rings (SSSR count). The van der Waals surface area contributed by atoms with Gasteiger partial charge in [0.25, 0.3) is 5.69 Å². The van der Waals surface area contributed by atoms with Gasteiger partial charge < -0.3 is 14.8 Å². The van der Waals surface area contributed by atoms with Crippen LogP contribution in [0.15, 0.2) is 59.2 Å². The first kappa shape index (κ1) is 17.8. The summed E-state index contributed by atoms with van der Waals surface area (Å²) in [7, 11) is 0. The Kier molecular flexibility index (Phi) is 5.45. The van der Waals surface area contributed by atoms with E-state index in [2.05, 4.69) is 5.32 Å². The van der Waals surface area contributed by atoms with Crippen LogP contribution in [0.1, 0.15) is 27.2 Å². The highest BCUT2D eigenvalue weighted by Crippen LogP contribution is 2.28. The second kappa shape index (κ2) is 7.94. The number of hydrogen-bond donors (Lipinski definition) is 2. The highest BCUT2D eigenvalue weighted by molar-refractivity contribution is 7.12. The molecule has 7 nitrogen and oxygen atoms in total. The minimum absolute atomic E-state index is 0.00427. The molecule has 3 aromatic rings. The number of carbonyl (C=O) groups excluding carboxylic acids is 1. The van der Waals surface area contributed by atoms with E-state index < -0.39 is 11.0 Å².